The van der Waals surface area contributed by atoms with Gasteiger partial charge in [0.05, 0.1) is 5.41 Å². The average Bonchev–Trinajstić information content (AvgIpc) is 2.58. The summed E-state index contributed by atoms with van der Waals surface area (Å²) in [6, 6.07) is 5.67. The lowest BCUT2D eigenvalue weighted by molar-refractivity contribution is -0.141. The Kier molecular flexibility index (Phi) is 5.16. The quantitative estimate of drug-likeness (QED) is 0.821. The van der Waals surface area contributed by atoms with Crippen molar-refractivity contribution in [2.75, 3.05) is 0 Å². The minimum Gasteiger partial charge on any atom is -0.344 e. The van der Waals surface area contributed by atoms with E-state index in [2.05, 4.69) is 10.6 Å². The molecule has 0 radical (unpaired) electrons. The molecular weight excluding hydrogens is 323 g/mol. The number of amides is 3. The van der Waals surface area contributed by atoms with E-state index in [4.69, 9.17) is 0 Å². The number of hydrogen-bond acceptors (Lipinski definition) is 3. The Balaban J connectivity index is 1.76. The molecule has 3 amide bonds. The van der Waals surface area contributed by atoms with Crippen LogP contribution in [0, 0.1) is 11.2 Å². The van der Waals surface area contributed by atoms with Crippen molar-refractivity contribution < 1.29 is 18.8 Å². The third kappa shape index (κ3) is 4.06. The summed E-state index contributed by atoms with van der Waals surface area (Å²) in [5.41, 5.74) is 0.175. The van der Waals surface area contributed by atoms with Gasteiger partial charge in [-0.1, -0.05) is 31.4 Å². The number of halogens is 1. The van der Waals surface area contributed by atoms with Crippen LogP contribution in [0.3, 0.4) is 0 Å². The molecule has 25 heavy (non-hydrogen) atoms. The number of imide groups is 1. The highest BCUT2D eigenvalue weighted by atomic mass is 19.1. The lowest BCUT2D eigenvalue weighted by Gasteiger charge is -2.37. The van der Waals surface area contributed by atoms with Gasteiger partial charge in [0.2, 0.25) is 17.7 Å². The fourth-order valence-electron chi connectivity index (χ4n) is 3.89. The molecule has 1 heterocycles. The van der Waals surface area contributed by atoms with E-state index in [9.17, 15) is 18.8 Å². The molecule has 3 rings (SSSR count). The first-order valence-corrected chi connectivity index (χ1v) is 8.88. The normalized spacial score (nSPS) is 23.0. The Labute approximate surface area is 146 Å². The molecular formula is C19H23FN2O3. The number of carbonyl (C=O) groups is 3. The van der Waals surface area contributed by atoms with E-state index in [-0.39, 0.29) is 24.1 Å². The molecule has 1 saturated carbocycles. The molecule has 0 bridgehead atoms. The minimum atomic E-state index is -0.670. The van der Waals surface area contributed by atoms with Gasteiger partial charge in [-0.05, 0) is 43.4 Å². The predicted molar refractivity (Wildman–Crippen MR) is 89.9 cm³/mol. The van der Waals surface area contributed by atoms with Crippen molar-refractivity contribution in [3.05, 3.63) is 35.6 Å². The third-order valence-electron chi connectivity index (χ3n) is 5.27. The van der Waals surface area contributed by atoms with Gasteiger partial charge in [0.15, 0.2) is 0 Å². The maximum atomic E-state index is 13.5. The van der Waals surface area contributed by atoms with Crippen molar-refractivity contribution in [1.29, 1.82) is 0 Å². The van der Waals surface area contributed by atoms with Crippen LogP contribution in [0.2, 0.25) is 0 Å². The summed E-state index contributed by atoms with van der Waals surface area (Å²) in [5.74, 6) is -1.22. The standard InChI is InChI=1S/C19H23FN2O3/c20-14-6-4-5-13(11-14)12-19(9-2-1-3-10-19)18(25)21-15-7-8-16(23)22-17(15)24/h4-6,11,15H,1-3,7-10,12H2,(H,21,25)(H,22,23,24)/t15-/m0/s1. The van der Waals surface area contributed by atoms with E-state index in [0.29, 0.717) is 12.8 Å². The zero-order chi connectivity index (χ0) is 17.9. The second kappa shape index (κ2) is 7.33. The summed E-state index contributed by atoms with van der Waals surface area (Å²) in [6.45, 7) is 0. The average molecular weight is 346 g/mol. The zero-order valence-electron chi connectivity index (χ0n) is 14.1. The van der Waals surface area contributed by atoms with Gasteiger partial charge in [0.25, 0.3) is 0 Å². The second-order valence-corrected chi connectivity index (χ2v) is 7.12. The van der Waals surface area contributed by atoms with Crippen molar-refractivity contribution in [2.45, 2.75) is 57.4 Å². The number of benzene rings is 1. The predicted octanol–water partition coefficient (Wildman–Crippen LogP) is 2.24. The first kappa shape index (κ1) is 17.6. The van der Waals surface area contributed by atoms with Crippen LogP contribution in [0.15, 0.2) is 24.3 Å². The van der Waals surface area contributed by atoms with Gasteiger partial charge in [-0.3, -0.25) is 19.7 Å². The zero-order valence-corrected chi connectivity index (χ0v) is 14.1. The highest BCUT2D eigenvalue weighted by molar-refractivity contribution is 6.02. The summed E-state index contributed by atoms with van der Waals surface area (Å²) >= 11 is 0. The van der Waals surface area contributed by atoms with Gasteiger partial charge in [0.1, 0.15) is 11.9 Å². The first-order valence-electron chi connectivity index (χ1n) is 8.88. The monoisotopic (exact) mass is 346 g/mol. The van der Waals surface area contributed by atoms with Crippen LogP contribution in [-0.4, -0.2) is 23.8 Å². The molecule has 1 aliphatic heterocycles. The molecule has 0 unspecified atom stereocenters. The van der Waals surface area contributed by atoms with E-state index >= 15 is 0 Å². The van der Waals surface area contributed by atoms with Crippen LogP contribution >= 0.6 is 0 Å². The molecule has 2 N–H and O–H groups in total. The minimum absolute atomic E-state index is 0.161. The lowest BCUT2D eigenvalue weighted by atomic mass is 9.69. The Morgan fingerprint density at radius 1 is 1.24 bits per heavy atom. The Morgan fingerprint density at radius 3 is 2.68 bits per heavy atom. The van der Waals surface area contributed by atoms with Gasteiger partial charge in [-0.25, -0.2) is 4.39 Å². The van der Waals surface area contributed by atoms with Crippen LogP contribution in [0.1, 0.15) is 50.5 Å². The maximum Gasteiger partial charge on any atom is 0.249 e. The molecule has 2 fully saturated rings. The summed E-state index contributed by atoms with van der Waals surface area (Å²) in [5, 5.41) is 5.10. The summed E-state index contributed by atoms with van der Waals surface area (Å²) in [6.07, 6.45) is 5.43. The van der Waals surface area contributed by atoms with E-state index in [1.807, 2.05) is 6.07 Å². The summed E-state index contributed by atoms with van der Waals surface area (Å²) in [7, 11) is 0. The van der Waals surface area contributed by atoms with Gasteiger partial charge >= 0.3 is 0 Å². The van der Waals surface area contributed by atoms with Crippen LogP contribution < -0.4 is 10.6 Å². The van der Waals surface area contributed by atoms with E-state index in [1.165, 1.54) is 12.1 Å². The Bertz CT molecular complexity index is 683. The fraction of sp³-hybridized carbons (Fsp3) is 0.526. The van der Waals surface area contributed by atoms with Crippen molar-refractivity contribution >= 4 is 17.7 Å². The molecule has 1 aromatic rings. The van der Waals surface area contributed by atoms with E-state index in [1.54, 1.807) is 6.07 Å². The highest BCUT2D eigenvalue weighted by Gasteiger charge is 2.41. The first-order chi connectivity index (χ1) is 12.0. The van der Waals surface area contributed by atoms with Crippen LogP contribution in [-0.2, 0) is 20.8 Å². The third-order valence-corrected chi connectivity index (χ3v) is 5.27. The largest absolute Gasteiger partial charge is 0.344 e. The van der Waals surface area contributed by atoms with Crippen LogP contribution in [0.25, 0.3) is 0 Å². The number of hydrogen-bond donors (Lipinski definition) is 2. The molecule has 0 spiro atoms. The Morgan fingerprint density at radius 2 is 2.00 bits per heavy atom. The molecule has 1 aliphatic carbocycles. The number of rotatable bonds is 4. The van der Waals surface area contributed by atoms with Gasteiger partial charge in [-0.15, -0.1) is 0 Å². The van der Waals surface area contributed by atoms with Crippen LogP contribution in [0.5, 0.6) is 0 Å². The molecule has 5 nitrogen and oxygen atoms in total. The second-order valence-electron chi connectivity index (χ2n) is 7.12. The molecule has 1 aromatic carbocycles. The smallest absolute Gasteiger partial charge is 0.249 e. The summed E-state index contributed by atoms with van der Waals surface area (Å²) in [4.78, 5) is 36.2. The number of piperidine rings is 1. The van der Waals surface area contributed by atoms with Gasteiger partial charge in [-0.2, -0.15) is 0 Å². The molecule has 1 atom stereocenters. The summed E-state index contributed by atoms with van der Waals surface area (Å²) < 4.78 is 13.5. The Hall–Kier alpha value is -2.24. The van der Waals surface area contributed by atoms with Crippen molar-refractivity contribution in [3.63, 3.8) is 0 Å². The number of carbonyl (C=O) groups excluding carboxylic acids is 3. The van der Waals surface area contributed by atoms with E-state index in [0.717, 1.165) is 37.7 Å². The van der Waals surface area contributed by atoms with Crippen molar-refractivity contribution in [1.82, 2.24) is 10.6 Å². The van der Waals surface area contributed by atoms with Gasteiger partial charge in [0, 0.05) is 6.42 Å². The molecule has 6 heteroatoms. The van der Waals surface area contributed by atoms with Gasteiger partial charge < -0.3 is 5.32 Å². The lowest BCUT2D eigenvalue weighted by Crippen LogP contribution is -2.56. The topological polar surface area (TPSA) is 75.3 Å². The number of nitrogens with one attached hydrogen (secondary N) is 2. The molecule has 2 aliphatic rings. The fourth-order valence-corrected chi connectivity index (χ4v) is 3.89. The molecule has 1 saturated heterocycles. The van der Waals surface area contributed by atoms with E-state index < -0.39 is 17.4 Å². The highest BCUT2D eigenvalue weighted by Crippen LogP contribution is 2.40. The molecule has 134 valence electrons. The molecule has 0 aromatic heterocycles. The maximum absolute atomic E-state index is 13.5. The van der Waals surface area contributed by atoms with Crippen LogP contribution in [0.4, 0.5) is 4.39 Å². The SMILES string of the molecule is O=C1CC[C@H](NC(=O)C2(Cc3cccc(F)c3)CCCCC2)C(=O)N1. The van der Waals surface area contributed by atoms with Crippen molar-refractivity contribution in [3.8, 4) is 0 Å². The van der Waals surface area contributed by atoms with Crippen molar-refractivity contribution in [2.24, 2.45) is 5.41 Å².